The van der Waals surface area contributed by atoms with Gasteiger partial charge in [0.2, 0.25) is 5.91 Å². The van der Waals surface area contributed by atoms with Gasteiger partial charge in [0, 0.05) is 10.6 Å². The summed E-state index contributed by atoms with van der Waals surface area (Å²) in [6, 6.07) is 5.49. The molecule has 3 aromatic heterocycles. The Bertz CT molecular complexity index is 1030. The van der Waals surface area contributed by atoms with E-state index in [1.807, 2.05) is 39.8 Å². The number of anilines is 1. The number of nitrogens with zero attached hydrogens (tertiary/aromatic N) is 2. The largest absolute Gasteiger partial charge is 0.310 e. The van der Waals surface area contributed by atoms with Crippen LogP contribution in [0.2, 0.25) is 0 Å². The molecule has 136 valence electrons. The lowest BCUT2D eigenvalue weighted by Crippen LogP contribution is -2.23. The SMILES string of the molecule is Cc1cccc(NC(=O)[C@H](C)SCc2nc3sc(C)c(C)c3c(=O)[nH]2)n1. The number of nitrogens with one attached hydrogen (secondary N) is 2. The Hall–Kier alpha value is -2.19. The molecule has 0 spiro atoms. The fourth-order valence-corrected chi connectivity index (χ4v) is 4.29. The van der Waals surface area contributed by atoms with Crippen molar-refractivity contribution in [3.8, 4) is 0 Å². The van der Waals surface area contributed by atoms with Crippen molar-refractivity contribution in [3.05, 3.63) is 50.5 Å². The van der Waals surface area contributed by atoms with Crippen molar-refractivity contribution in [2.45, 2.75) is 38.7 Å². The van der Waals surface area contributed by atoms with Crippen LogP contribution in [0.15, 0.2) is 23.0 Å². The summed E-state index contributed by atoms with van der Waals surface area (Å²) in [5, 5.41) is 3.17. The minimum absolute atomic E-state index is 0.117. The first-order valence-electron chi connectivity index (χ1n) is 8.20. The number of carbonyl (C=O) groups excluding carboxylic acids is 1. The number of fused-ring (bicyclic) bond motifs is 1. The van der Waals surface area contributed by atoms with Gasteiger partial charge in [-0.25, -0.2) is 9.97 Å². The number of pyridine rings is 1. The summed E-state index contributed by atoms with van der Waals surface area (Å²) in [5.41, 5.74) is 1.71. The summed E-state index contributed by atoms with van der Waals surface area (Å²) in [7, 11) is 0. The fourth-order valence-electron chi connectivity index (χ4n) is 2.49. The van der Waals surface area contributed by atoms with Gasteiger partial charge in [-0.3, -0.25) is 9.59 Å². The highest BCUT2D eigenvalue weighted by molar-refractivity contribution is 7.99. The van der Waals surface area contributed by atoms with Crippen LogP contribution in [0.4, 0.5) is 5.82 Å². The van der Waals surface area contributed by atoms with Crippen LogP contribution >= 0.6 is 23.1 Å². The molecule has 0 aliphatic rings. The van der Waals surface area contributed by atoms with Gasteiger partial charge in [-0.05, 0) is 45.4 Å². The minimum atomic E-state index is -0.301. The van der Waals surface area contributed by atoms with E-state index in [-0.39, 0.29) is 16.7 Å². The van der Waals surface area contributed by atoms with E-state index in [0.29, 0.717) is 22.8 Å². The van der Waals surface area contributed by atoms with Gasteiger partial charge >= 0.3 is 0 Å². The number of aryl methyl sites for hydroxylation is 3. The van der Waals surface area contributed by atoms with Crippen LogP contribution in [0, 0.1) is 20.8 Å². The van der Waals surface area contributed by atoms with Gasteiger partial charge < -0.3 is 10.3 Å². The quantitative estimate of drug-likeness (QED) is 0.698. The number of aromatic nitrogens is 3. The zero-order valence-corrected chi connectivity index (χ0v) is 16.7. The summed E-state index contributed by atoms with van der Waals surface area (Å²) in [4.78, 5) is 38.1. The molecule has 2 N–H and O–H groups in total. The van der Waals surface area contributed by atoms with E-state index >= 15 is 0 Å². The van der Waals surface area contributed by atoms with Gasteiger partial charge in [-0.1, -0.05) is 6.07 Å². The summed E-state index contributed by atoms with van der Waals surface area (Å²) < 4.78 is 0. The first-order valence-corrected chi connectivity index (χ1v) is 10.1. The molecule has 0 aliphatic heterocycles. The Kier molecular flexibility index (Phi) is 5.43. The first-order chi connectivity index (χ1) is 12.3. The van der Waals surface area contributed by atoms with Gasteiger partial charge in [-0.15, -0.1) is 23.1 Å². The molecule has 26 heavy (non-hydrogen) atoms. The number of amides is 1. The summed E-state index contributed by atoms with van der Waals surface area (Å²) in [6.45, 7) is 7.62. The zero-order chi connectivity index (χ0) is 18.8. The maximum absolute atomic E-state index is 12.3. The molecule has 0 saturated heterocycles. The molecule has 0 aliphatic carbocycles. The average Bonchev–Trinajstić information content (AvgIpc) is 2.87. The van der Waals surface area contributed by atoms with Gasteiger partial charge in [-0.2, -0.15) is 0 Å². The normalized spacial score (nSPS) is 12.3. The predicted octanol–water partition coefficient (Wildman–Crippen LogP) is 3.57. The van der Waals surface area contributed by atoms with E-state index < -0.39 is 0 Å². The fraction of sp³-hybridized carbons (Fsp3) is 0.333. The smallest absolute Gasteiger partial charge is 0.259 e. The molecule has 0 aromatic carbocycles. The molecule has 0 bridgehead atoms. The standard InChI is InChI=1S/C18H20N4O2S2/c1-9-6-5-7-13(19-9)20-16(23)12(4)25-8-14-21-17(24)15-10(2)11(3)26-18(15)22-14/h5-7,12H,8H2,1-4H3,(H,19,20,23)(H,21,22,24)/t12-/m0/s1. The highest BCUT2D eigenvalue weighted by Gasteiger charge is 2.16. The van der Waals surface area contributed by atoms with Crippen LogP contribution in [-0.2, 0) is 10.5 Å². The van der Waals surface area contributed by atoms with Crippen molar-refractivity contribution in [1.29, 1.82) is 0 Å². The molecule has 1 amide bonds. The van der Waals surface area contributed by atoms with Crippen LogP contribution in [0.1, 0.15) is 28.9 Å². The molecule has 0 unspecified atom stereocenters. The van der Waals surface area contributed by atoms with Gasteiger partial charge in [0.25, 0.3) is 5.56 Å². The molecular formula is C18H20N4O2S2. The summed E-state index contributed by atoms with van der Waals surface area (Å²) in [5.74, 6) is 1.46. The number of thioether (sulfide) groups is 1. The topological polar surface area (TPSA) is 87.7 Å². The molecule has 6 nitrogen and oxygen atoms in total. The summed E-state index contributed by atoms with van der Waals surface area (Å²) >= 11 is 2.94. The van der Waals surface area contributed by atoms with Gasteiger partial charge in [0.05, 0.1) is 16.4 Å². The van der Waals surface area contributed by atoms with E-state index in [1.54, 1.807) is 6.07 Å². The maximum atomic E-state index is 12.3. The summed E-state index contributed by atoms with van der Waals surface area (Å²) in [6.07, 6.45) is 0. The zero-order valence-electron chi connectivity index (χ0n) is 15.0. The number of carbonyl (C=O) groups is 1. The number of hydrogen-bond acceptors (Lipinski definition) is 6. The number of hydrogen-bond donors (Lipinski definition) is 2. The van der Waals surface area contributed by atoms with Crippen molar-refractivity contribution >= 4 is 45.0 Å². The van der Waals surface area contributed by atoms with Gasteiger partial charge in [0.1, 0.15) is 16.5 Å². The van der Waals surface area contributed by atoms with Crippen LogP contribution in [0.5, 0.6) is 0 Å². The molecule has 0 fully saturated rings. The van der Waals surface area contributed by atoms with Crippen molar-refractivity contribution < 1.29 is 4.79 Å². The van der Waals surface area contributed by atoms with E-state index in [2.05, 4.69) is 20.3 Å². The maximum Gasteiger partial charge on any atom is 0.259 e. The van der Waals surface area contributed by atoms with E-state index in [9.17, 15) is 9.59 Å². The third-order valence-corrected chi connectivity index (χ3v) is 6.32. The van der Waals surface area contributed by atoms with Crippen molar-refractivity contribution in [1.82, 2.24) is 15.0 Å². The van der Waals surface area contributed by atoms with Crippen molar-refractivity contribution in [3.63, 3.8) is 0 Å². The lowest BCUT2D eigenvalue weighted by molar-refractivity contribution is -0.115. The van der Waals surface area contributed by atoms with Crippen LogP contribution in [0.3, 0.4) is 0 Å². The molecule has 3 heterocycles. The molecule has 8 heteroatoms. The number of H-pyrrole nitrogens is 1. The van der Waals surface area contributed by atoms with E-state index in [0.717, 1.165) is 21.0 Å². The Balaban J connectivity index is 1.67. The van der Waals surface area contributed by atoms with Crippen molar-refractivity contribution in [2.75, 3.05) is 5.32 Å². The van der Waals surface area contributed by atoms with Crippen LogP contribution in [0.25, 0.3) is 10.2 Å². The predicted molar refractivity (Wildman–Crippen MR) is 108 cm³/mol. The van der Waals surface area contributed by atoms with Crippen molar-refractivity contribution in [2.24, 2.45) is 0 Å². The Morgan fingerprint density at radius 2 is 2.08 bits per heavy atom. The Labute approximate surface area is 159 Å². The molecule has 3 rings (SSSR count). The monoisotopic (exact) mass is 388 g/mol. The first kappa shape index (κ1) is 18.6. The third kappa shape index (κ3) is 3.96. The van der Waals surface area contributed by atoms with Gasteiger partial charge in [0.15, 0.2) is 0 Å². The molecule has 0 radical (unpaired) electrons. The number of thiophene rings is 1. The lowest BCUT2D eigenvalue weighted by Gasteiger charge is -2.11. The highest BCUT2D eigenvalue weighted by Crippen LogP contribution is 2.26. The second-order valence-corrected chi connectivity index (χ2v) is 8.62. The highest BCUT2D eigenvalue weighted by atomic mass is 32.2. The molecular weight excluding hydrogens is 368 g/mol. The second kappa shape index (κ2) is 7.59. The van der Waals surface area contributed by atoms with E-state index in [4.69, 9.17) is 0 Å². The van der Waals surface area contributed by atoms with Crippen LogP contribution < -0.4 is 10.9 Å². The van der Waals surface area contributed by atoms with Crippen LogP contribution in [-0.4, -0.2) is 26.1 Å². The second-order valence-electron chi connectivity index (χ2n) is 6.08. The minimum Gasteiger partial charge on any atom is -0.310 e. The molecule has 1 atom stereocenters. The number of aromatic amines is 1. The lowest BCUT2D eigenvalue weighted by atomic mass is 10.2. The molecule has 3 aromatic rings. The Morgan fingerprint density at radius 1 is 1.31 bits per heavy atom. The number of rotatable bonds is 5. The molecule has 0 saturated carbocycles. The third-order valence-electron chi connectivity index (χ3n) is 4.07. The average molecular weight is 389 g/mol. The Morgan fingerprint density at radius 3 is 2.81 bits per heavy atom. The van der Waals surface area contributed by atoms with E-state index in [1.165, 1.54) is 23.1 Å².